The smallest absolute Gasteiger partial charge is 0.0391 e. The average Bonchev–Trinajstić information content (AvgIpc) is 2.75. The minimum Gasteiger partial charge on any atom is -0.295 e. The molecule has 1 aliphatic heterocycles. The van der Waals surface area contributed by atoms with Crippen LogP contribution in [0.4, 0.5) is 0 Å². The van der Waals surface area contributed by atoms with Gasteiger partial charge in [0, 0.05) is 18.5 Å². The van der Waals surface area contributed by atoms with Crippen LogP contribution in [0, 0.1) is 11.8 Å². The molecule has 0 aromatic heterocycles. The molecule has 108 valence electrons. The van der Waals surface area contributed by atoms with Crippen molar-refractivity contribution in [2.24, 2.45) is 11.8 Å². The van der Waals surface area contributed by atoms with Crippen LogP contribution in [-0.2, 0) is 6.54 Å². The van der Waals surface area contributed by atoms with Crippen molar-refractivity contribution in [3.8, 4) is 0 Å². The molecule has 2 bridgehead atoms. The standard InChI is InChI=1S/C20H23N/c1-13(2)18-19-15-9-5-4-8-14(15)12-21(3)20(18)17-11-7-6-10-16(17)19/h4-11,13,18-20H,12H2,1-3H3. The fraction of sp³-hybridized carbons (Fsp3) is 0.400. The molecule has 21 heavy (non-hydrogen) atoms. The maximum absolute atomic E-state index is 2.56. The van der Waals surface area contributed by atoms with Crippen LogP contribution in [0.5, 0.6) is 0 Å². The maximum atomic E-state index is 2.56. The second-order valence-corrected chi connectivity index (χ2v) is 6.99. The van der Waals surface area contributed by atoms with E-state index in [0.717, 1.165) is 6.54 Å². The van der Waals surface area contributed by atoms with Crippen LogP contribution in [0.25, 0.3) is 0 Å². The summed E-state index contributed by atoms with van der Waals surface area (Å²) in [5.74, 6) is 1.92. The van der Waals surface area contributed by atoms with Gasteiger partial charge in [0.2, 0.25) is 0 Å². The largest absolute Gasteiger partial charge is 0.295 e. The minimum absolute atomic E-state index is 0.554. The SMILES string of the molecule is CC(C)C1C2c3ccccc3CN(C)C1c1ccccc12. The molecule has 0 spiro atoms. The third-order valence-electron chi connectivity index (χ3n) is 5.45. The number of nitrogens with zero attached hydrogens (tertiary/aromatic N) is 1. The summed E-state index contributed by atoms with van der Waals surface area (Å²) in [6.07, 6.45) is 0. The first kappa shape index (κ1) is 13.1. The summed E-state index contributed by atoms with van der Waals surface area (Å²) in [5, 5.41) is 0. The highest BCUT2D eigenvalue weighted by Gasteiger charge is 2.46. The Morgan fingerprint density at radius 2 is 1.52 bits per heavy atom. The van der Waals surface area contributed by atoms with E-state index in [1.807, 2.05) is 0 Å². The van der Waals surface area contributed by atoms with E-state index in [1.54, 1.807) is 16.7 Å². The van der Waals surface area contributed by atoms with E-state index in [9.17, 15) is 0 Å². The van der Waals surface area contributed by atoms with Crippen LogP contribution < -0.4 is 0 Å². The molecular weight excluding hydrogens is 254 g/mol. The van der Waals surface area contributed by atoms with Gasteiger partial charge >= 0.3 is 0 Å². The fourth-order valence-corrected chi connectivity index (χ4v) is 4.66. The van der Waals surface area contributed by atoms with Gasteiger partial charge in [-0.25, -0.2) is 0 Å². The Morgan fingerprint density at radius 3 is 2.24 bits per heavy atom. The predicted octanol–water partition coefficient (Wildman–Crippen LogP) is 4.59. The fourth-order valence-electron chi connectivity index (χ4n) is 4.66. The summed E-state index contributed by atoms with van der Waals surface area (Å²) >= 11 is 0. The first-order valence-electron chi connectivity index (χ1n) is 8.05. The number of hydrogen-bond acceptors (Lipinski definition) is 1. The van der Waals surface area contributed by atoms with Gasteiger partial charge in [0.25, 0.3) is 0 Å². The van der Waals surface area contributed by atoms with Crippen molar-refractivity contribution in [1.82, 2.24) is 4.90 Å². The van der Waals surface area contributed by atoms with Crippen LogP contribution >= 0.6 is 0 Å². The summed E-state index contributed by atoms with van der Waals surface area (Å²) < 4.78 is 0. The Morgan fingerprint density at radius 1 is 0.905 bits per heavy atom. The molecule has 3 unspecified atom stereocenters. The summed E-state index contributed by atoms with van der Waals surface area (Å²) in [6, 6.07) is 18.7. The first-order valence-corrected chi connectivity index (χ1v) is 8.05. The molecule has 1 nitrogen and oxygen atoms in total. The van der Waals surface area contributed by atoms with E-state index in [2.05, 4.69) is 74.3 Å². The van der Waals surface area contributed by atoms with Gasteiger partial charge in [0.15, 0.2) is 0 Å². The molecule has 1 heteroatoms. The molecule has 0 N–H and O–H groups in total. The van der Waals surface area contributed by atoms with Gasteiger partial charge in [-0.2, -0.15) is 0 Å². The van der Waals surface area contributed by atoms with Crippen molar-refractivity contribution < 1.29 is 0 Å². The summed E-state index contributed by atoms with van der Waals surface area (Å²) in [5.41, 5.74) is 6.17. The van der Waals surface area contributed by atoms with Crippen LogP contribution in [0.3, 0.4) is 0 Å². The van der Waals surface area contributed by atoms with Crippen LogP contribution in [-0.4, -0.2) is 11.9 Å². The molecule has 3 atom stereocenters. The molecule has 0 radical (unpaired) electrons. The van der Waals surface area contributed by atoms with Gasteiger partial charge in [-0.1, -0.05) is 62.4 Å². The van der Waals surface area contributed by atoms with E-state index in [-0.39, 0.29) is 0 Å². The van der Waals surface area contributed by atoms with Crippen molar-refractivity contribution in [3.05, 3.63) is 70.8 Å². The van der Waals surface area contributed by atoms with Gasteiger partial charge in [-0.3, -0.25) is 4.90 Å². The molecule has 0 amide bonds. The van der Waals surface area contributed by atoms with Crippen molar-refractivity contribution in [2.45, 2.75) is 32.4 Å². The monoisotopic (exact) mass is 277 g/mol. The van der Waals surface area contributed by atoms with Gasteiger partial charge < -0.3 is 0 Å². The van der Waals surface area contributed by atoms with Crippen LogP contribution in [0.2, 0.25) is 0 Å². The zero-order valence-corrected chi connectivity index (χ0v) is 13.1. The zero-order chi connectivity index (χ0) is 14.6. The van der Waals surface area contributed by atoms with Crippen molar-refractivity contribution in [3.63, 3.8) is 0 Å². The maximum Gasteiger partial charge on any atom is 0.0391 e. The minimum atomic E-state index is 0.554. The molecule has 1 aliphatic carbocycles. The highest BCUT2D eigenvalue weighted by Crippen LogP contribution is 2.56. The zero-order valence-electron chi connectivity index (χ0n) is 13.1. The lowest BCUT2D eigenvalue weighted by Crippen LogP contribution is -2.29. The molecule has 2 aromatic carbocycles. The third-order valence-corrected chi connectivity index (χ3v) is 5.45. The predicted molar refractivity (Wildman–Crippen MR) is 87.3 cm³/mol. The van der Waals surface area contributed by atoms with Gasteiger partial charge in [0.1, 0.15) is 0 Å². The van der Waals surface area contributed by atoms with Crippen molar-refractivity contribution in [2.75, 3.05) is 7.05 Å². The average molecular weight is 277 g/mol. The lowest BCUT2D eigenvalue weighted by Gasteiger charge is -2.32. The molecule has 4 rings (SSSR count). The lowest BCUT2D eigenvalue weighted by atomic mass is 9.78. The van der Waals surface area contributed by atoms with Gasteiger partial charge in [-0.05, 0) is 41.1 Å². The Kier molecular flexibility index (Phi) is 2.93. The van der Waals surface area contributed by atoms with E-state index < -0.39 is 0 Å². The number of benzene rings is 2. The summed E-state index contributed by atoms with van der Waals surface area (Å²) in [7, 11) is 2.29. The molecule has 0 fully saturated rings. The summed E-state index contributed by atoms with van der Waals surface area (Å²) in [4.78, 5) is 2.56. The summed E-state index contributed by atoms with van der Waals surface area (Å²) in [6.45, 7) is 5.84. The molecule has 0 saturated heterocycles. The lowest BCUT2D eigenvalue weighted by molar-refractivity contribution is 0.152. The molecule has 1 heterocycles. The quantitative estimate of drug-likeness (QED) is 0.737. The van der Waals surface area contributed by atoms with Gasteiger partial charge in [0.05, 0.1) is 0 Å². The van der Waals surface area contributed by atoms with Crippen LogP contribution in [0.1, 0.15) is 48.1 Å². The Bertz CT molecular complexity index is 673. The van der Waals surface area contributed by atoms with Gasteiger partial charge in [-0.15, -0.1) is 0 Å². The molecule has 0 saturated carbocycles. The number of hydrogen-bond donors (Lipinski definition) is 0. The van der Waals surface area contributed by atoms with E-state index in [4.69, 9.17) is 0 Å². The topological polar surface area (TPSA) is 3.24 Å². The Hall–Kier alpha value is -1.60. The molecule has 2 aliphatic rings. The second-order valence-electron chi connectivity index (χ2n) is 6.99. The van der Waals surface area contributed by atoms with E-state index in [0.29, 0.717) is 23.8 Å². The van der Waals surface area contributed by atoms with Crippen LogP contribution in [0.15, 0.2) is 48.5 Å². The normalized spacial score (nSPS) is 27.3. The number of fused-ring (bicyclic) bond motifs is 7. The molecule has 2 aromatic rings. The highest BCUT2D eigenvalue weighted by atomic mass is 15.1. The Balaban J connectivity index is 2.01. The highest BCUT2D eigenvalue weighted by molar-refractivity contribution is 5.50. The van der Waals surface area contributed by atoms with E-state index >= 15 is 0 Å². The molecular formula is C20H23N. The number of rotatable bonds is 1. The van der Waals surface area contributed by atoms with Crippen molar-refractivity contribution in [1.29, 1.82) is 0 Å². The third kappa shape index (κ3) is 1.80. The first-order chi connectivity index (χ1) is 10.2. The van der Waals surface area contributed by atoms with E-state index in [1.165, 1.54) is 5.56 Å². The Labute approximate surface area is 127 Å². The van der Waals surface area contributed by atoms with Crippen molar-refractivity contribution >= 4 is 0 Å². The second kappa shape index (κ2) is 4.71.